The number of nitrogens with zero attached hydrogens (tertiary/aromatic N) is 4. The zero-order valence-corrected chi connectivity index (χ0v) is 26.4. The Kier molecular flexibility index (Phi) is 5.75. The molecule has 3 heterocycles. The molecule has 0 saturated carbocycles. The lowest BCUT2D eigenvalue weighted by Gasteiger charge is -2.10. The van der Waals surface area contributed by atoms with E-state index in [2.05, 4.69) is 185 Å². The van der Waals surface area contributed by atoms with Crippen molar-refractivity contribution < 1.29 is 0 Å². The molecule has 0 spiro atoms. The number of imidazole rings is 1. The van der Waals surface area contributed by atoms with Crippen LogP contribution in [0.1, 0.15) is 0 Å². The summed E-state index contributed by atoms with van der Waals surface area (Å²) in [6, 6.07) is 58.9. The molecule has 0 fully saturated rings. The monoisotopic (exact) mass is 614 g/mol. The van der Waals surface area contributed by atoms with Crippen LogP contribution in [0.4, 0.5) is 0 Å². The highest BCUT2D eigenvalue weighted by Crippen LogP contribution is 2.43. The second kappa shape index (κ2) is 10.3. The molecular weight excluding hydrogens is 585 g/mol. The molecule has 3 aromatic heterocycles. The maximum atomic E-state index is 5.20. The zero-order chi connectivity index (χ0) is 31.8. The van der Waals surface area contributed by atoms with Crippen molar-refractivity contribution >= 4 is 54.6 Å². The lowest BCUT2D eigenvalue weighted by Crippen LogP contribution is -2.03. The van der Waals surface area contributed by atoms with Gasteiger partial charge in [-0.25, -0.2) is 4.98 Å². The summed E-state index contributed by atoms with van der Waals surface area (Å²) in [6.07, 6.45) is 0. The molecule has 4 nitrogen and oxygen atoms in total. The first-order valence-corrected chi connectivity index (χ1v) is 16.4. The van der Waals surface area contributed by atoms with Gasteiger partial charge in [0.25, 0.3) is 0 Å². The van der Waals surface area contributed by atoms with Crippen molar-refractivity contribution in [2.75, 3.05) is 0 Å². The largest absolute Gasteiger partial charge is 0.313 e. The topological polar surface area (TPSA) is 27.7 Å². The zero-order valence-electron chi connectivity index (χ0n) is 26.4. The molecule has 0 aliphatic rings. The van der Waals surface area contributed by atoms with Gasteiger partial charge in [0.1, 0.15) is 0 Å². The van der Waals surface area contributed by atoms with Gasteiger partial charge in [0.2, 0.25) is 5.95 Å². The third-order valence-corrected chi connectivity index (χ3v) is 9.85. The minimum atomic E-state index is 0.900. The summed E-state index contributed by atoms with van der Waals surface area (Å²) in [7, 11) is 2.12. The van der Waals surface area contributed by atoms with Crippen LogP contribution in [0.25, 0.3) is 88.5 Å². The number of rotatable bonds is 4. The summed E-state index contributed by atoms with van der Waals surface area (Å²) in [5.74, 6) is 0.900. The van der Waals surface area contributed by atoms with E-state index in [1.54, 1.807) is 0 Å². The van der Waals surface area contributed by atoms with E-state index in [1.165, 1.54) is 54.8 Å². The van der Waals surface area contributed by atoms with Crippen LogP contribution in [-0.4, -0.2) is 18.7 Å². The molecule has 0 aliphatic carbocycles. The first-order valence-electron chi connectivity index (χ1n) is 16.4. The van der Waals surface area contributed by atoms with Crippen LogP contribution in [0, 0.1) is 0 Å². The molecule has 4 heteroatoms. The Morgan fingerprint density at radius 1 is 0.417 bits per heavy atom. The highest BCUT2D eigenvalue weighted by atomic mass is 15.2. The van der Waals surface area contributed by atoms with Crippen LogP contribution in [0.3, 0.4) is 0 Å². The Hall–Kier alpha value is -6.39. The number of benzene rings is 7. The molecule has 0 saturated heterocycles. The Morgan fingerprint density at radius 2 is 0.979 bits per heavy atom. The van der Waals surface area contributed by atoms with E-state index in [1.807, 2.05) is 0 Å². The predicted molar refractivity (Wildman–Crippen MR) is 200 cm³/mol. The minimum Gasteiger partial charge on any atom is -0.313 e. The maximum absolute atomic E-state index is 5.20. The van der Waals surface area contributed by atoms with E-state index < -0.39 is 0 Å². The molecule has 10 rings (SSSR count). The van der Waals surface area contributed by atoms with Gasteiger partial charge in [-0.3, -0.25) is 4.57 Å². The van der Waals surface area contributed by atoms with E-state index in [4.69, 9.17) is 4.98 Å². The quantitative estimate of drug-likeness (QED) is 0.194. The molecule has 0 amide bonds. The molecule has 0 atom stereocenters. The molecule has 0 unspecified atom stereocenters. The number of para-hydroxylation sites is 3. The fourth-order valence-electron chi connectivity index (χ4n) is 7.62. The normalized spacial score (nSPS) is 11.9. The molecule has 0 radical (unpaired) electrons. The first kappa shape index (κ1) is 26.8. The van der Waals surface area contributed by atoms with Crippen molar-refractivity contribution in [3.05, 3.63) is 164 Å². The molecule has 10 aromatic rings. The highest BCUT2D eigenvalue weighted by molar-refractivity contribution is 6.26. The summed E-state index contributed by atoms with van der Waals surface area (Å²) >= 11 is 0. The van der Waals surface area contributed by atoms with Crippen LogP contribution >= 0.6 is 0 Å². The van der Waals surface area contributed by atoms with E-state index in [0.717, 1.165) is 33.7 Å². The third-order valence-electron chi connectivity index (χ3n) is 9.85. The number of aromatic nitrogens is 4. The van der Waals surface area contributed by atoms with Gasteiger partial charge in [-0.1, -0.05) is 109 Å². The standard InChI is InChI=1S/C44H30N4/c1-46-40-20-12-11-19-37(40)45-44(46)48-39-25-22-32(30-15-7-3-8-16-30)28-36(39)42-41(48)26-23-34-35-27-31(29-13-5-2-6-14-29)21-24-38(35)47(43(34)42)33-17-9-4-10-18-33/h2-28H,1H3. The SMILES string of the molecule is Cn1c(-n2c3ccc(-c4ccccc4)cc3c3c2ccc2c4cc(-c5ccccc5)ccc4n(-c4ccccc4)c23)nc2ccccc21. The lowest BCUT2D eigenvalue weighted by atomic mass is 10.0. The van der Waals surface area contributed by atoms with Gasteiger partial charge in [0.15, 0.2) is 0 Å². The maximum Gasteiger partial charge on any atom is 0.215 e. The average molecular weight is 615 g/mol. The van der Waals surface area contributed by atoms with E-state index in [-0.39, 0.29) is 0 Å². The number of hydrogen-bond acceptors (Lipinski definition) is 1. The van der Waals surface area contributed by atoms with Crippen LogP contribution in [0.15, 0.2) is 164 Å². The molecule has 0 aliphatic heterocycles. The Morgan fingerprint density at radius 3 is 1.65 bits per heavy atom. The van der Waals surface area contributed by atoms with Crippen molar-refractivity contribution in [3.8, 4) is 33.9 Å². The first-order chi connectivity index (χ1) is 23.7. The van der Waals surface area contributed by atoms with Gasteiger partial charge in [-0.15, -0.1) is 0 Å². The van der Waals surface area contributed by atoms with E-state index >= 15 is 0 Å². The van der Waals surface area contributed by atoms with Crippen molar-refractivity contribution in [2.24, 2.45) is 7.05 Å². The molecule has 48 heavy (non-hydrogen) atoms. The fourth-order valence-corrected chi connectivity index (χ4v) is 7.62. The Bertz CT molecular complexity index is 2820. The van der Waals surface area contributed by atoms with Gasteiger partial charge in [0, 0.05) is 34.3 Å². The summed E-state index contributed by atoms with van der Waals surface area (Å²) < 4.78 is 7.01. The molecule has 226 valence electrons. The average Bonchev–Trinajstić information content (AvgIpc) is 3.78. The lowest BCUT2D eigenvalue weighted by molar-refractivity contribution is 0.870. The van der Waals surface area contributed by atoms with Crippen molar-refractivity contribution in [1.29, 1.82) is 0 Å². The van der Waals surface area contributed by atoms with Gasteiger partial charge < -0.3 is 9.13 Å². The van der Waals surface area contributed by atoms with Crippen LogP contribution in [-0.2, 0) is 7.05 Å². The fraction of sp³-hybridized carbons (Fsp3) is 0.0227. The Balaban J connectivity index is 1.40. The second-order valence-corrected chi connectivity index (χ2v) is 12.5. The van der Waals surface area contributed by atoms with Gasteiger partial charge in [0.05, 0.1) is 33.1 Å². The van der Waals surface area contributed by atoms with Crippen molar-refractivity contribution in [3.63, 3.8) is 0 Å². The van der Waals surface area contributed by atoms with Crippen LogP contribution in [0.2, 0.25) is 0 Å². The van der Waals surface area contributed by atoms with Crippen LogP contribution in [0.5, 0.6) is 0 Å². The molecule has 0 N–H and O–H groups in total. The van der Waals surface area contributed by atoms with Gasteiger partial charge in [-0.05, 0) is 76.9 Å². The van der Waals surface area contributed by atoms with E-state index in [0.29, 0.717) is 0 Å². The smallest absolute Gasteiger partial charge is 0.215 e. The van der Waals surface area contributed by atoms with Crippen molar-refractivity contribution in [1.82, 2.24) is 18.7 Å². The minimum absolute atomic E-state index is 0.900. The predicted octanol–water partition coefficient (Wildman–Crippen LogP) is 11.1. The number of hydrogen-bond donors (Lipinski definition) is 0. The summed E-state index contributed by atoms with van der Waals surface area (Å²) in [6.45, 7) is 0. The number of aryl methyl sites for hydroxylation is 1. The van der Waals surface area contributed by atoms with Gasteiger partial charge in [-0.2, -0.15) is 0 Å². The molecule has 7 aromatic carbocycles. The summed E-state index contributed by atoms with van der Waals surface area (Å²) in [4.78, 5) is 5.20. The Labute approximate surface area is 277 Å². The summed E-state index contributed by atoms with van der Waals surface area (Å²) in [5.41, 5.74) is 12.7. The number of fused-ring (bicyclic) bond motifs is 8. The third kappa shape index (κ3) is 3.86. The second-order valence-electron chi connectivity index (χ2n) is 12.5. The summed E-state index contributed by atoms with van der Waals surface area (Å²) in [5, 5.41) is 4.88. The molecule has 0 bridgehead atoms. The van der Waals surface area contributed by atoms with E-state index in [9.17, 15) is 0 Å². The van der Waals surface area contributed by atoms with Crippen LogP contribution < -0.4 is 0 Å². The molecular formula is C44H30N4. The van der Waals surface area contributed by atoms with Gasteiger partial charge >= 0.3 is 0 Å². The highest BCUT2D eigenvalue weighted by Gasteiger charge is 2.23. The van der Waals surface area contributed by atoms with Crippen molar-refractivity contribution in [2.45, 2.75) is 0 Å².